The molecule has 0 saturated carbocycles. The first-order valence-corrected chi connectivity index (χ1v) is 8.96. The van der Waals surface area contributed by atoms with Crippen molar-refractivity contribution in [1.82, 2.24) is 0 Å². The summed E-state index contributed by atoms with van der Waals surface area (Å²) in [5.74, 6) is -1.55. The summed E-state index contributed by atoms with van der Waals surface area (Å²) in [6.07, 6.45) is 15.0. The molecular formula is C18H36NNaO4. The molecule has 0 atom stereocenters. The smallest absolute Gasteiger partial charge is 1.00 e. The van der Waals surface area contributed by atoms with Crippen LogP contribution in [0.1, 0.15) is 92.3 Å². The molecule has 0 aromatic rings. The van der Waals surface area contributed by atoms with Gasteiger partial charge in [-0.25, -0.2) is 0 Å². The van der Waals surface area contributed by atoms with Crippen molar-refractivity contribution < 1.29 is 50.8 Å². The number of nitrogens with zero attached hydrogens (tertiary/aromatic N) is 1. The van der Waals surface area contributed by atoms with Gasteiger partial charge in [0.05, 0.1) is 6.42 Å². The third-order valence-corrected chi connectivity index (χ3v) is 3.34. The number of rotatable bonds is 14. The van der Waals surface area contributed by atoms with Crippen LogP contribution in [0.15, 0.2) is 4.99 Å². The van der Waals surface area contributed by atoms with Gasteiger partial charge in [0.1, 0.15) is 0 Å². The fourth-order valence-corrected chi connectivity index (χ4v) is 1.92. The number of carbonyl (C=O) groups is 2. The van der Waals surface area contributed by atoms with Crippen LogP contribution in [0.2, 0.25) is 0 Å². The molecule has 0 aliphatic heterocycles. The topological polar surface area (TPSA) is 87.0 Å². The van der Waals surface area contributed by atoms with Crippen molar-refractivity contribution in [3.8, 4) is 0 Å². The fourth-order valence-electron chi connectivity index (χ4n) is 1.92. The minimum atomic E-state index is -0.804. The molecule has 0 aliphatic carbocycles. The minimum absolute atomic E-state index is 0. The Morgan fingerprint density at radius 2 is 1.25 bits per heavy atom. The van der Waals surface area contributed by atoms with Crippen molar-refractivity contribution in [2.24, 2.45) is 4.99 Å². The van der Waals surface area contributed by atoms with Gasteiger partial charge in [0.25, 0.3) is 0 Å². The summed E-state index contributed by atoms with van der Waals surface area (Å²) in [4.78, 5) is 23.7. The van der Waals surface area contributed by atoms with Gasteiger partial charge >= 0.3 is 41.5 Å². The Balaban J connectivity index is -0.000000276. The summed E-state index contributed by atoms with van der Waals surface area (Å²) >= 11 is 0. The molecule has 0 spiro atoms. The standard InChI is InChI=1S/C15H29NO2.C3H6O2.Na.H/c1-2-3-4-5-6-7-8-9-10-11-13-16-14-12-15(17)18;1-2-3(4)5;;/h14H,2-13H2,1H3,(H,17,18);2H2,1H3,(H,4,5);;/q;;+1;-1. The zero-order valence-electron chi connectivity index (χ0n) is 16.9. The predicted octanol–water partition coefficient (Wildman–Crippen LogP) is 2.05. The van der Waals surface area contributed by atoms with Crippen LogP contribution in [0.5, 0.6) is 0 Å². The van der Waals surface area contributed by atoms with Crippen molar-refractivity contribution in [1.29, 1.82) is 0 Å². The van der Waals surface area contributed by atoms with Gasteiger partial charge in [-0.3, -0.25) is 14.6 Å². The molecule has 0 amide bonds. The van der Waals surface area contributed by atoms with Gasteiger partial charge in [-0.15, -0.1) is 0 Å². The van der Waals surface area contributed by atoms with Gasteiger partial charge in [0, 0.05) is 19.2 Å². The summed E-state index contributed by atoms with van der Waals surface area (Å²) in [6, 6.07) is 0. The summed E-state index contributed by atoms with van der Waals surface area (Å²) in [5, 5.41) is 16.1. The largest absolute Gasteiger partial charge is 1.00 e. The Labute approximate surface area is 171 Å². The molecule has 24 heavy (non-hydrogen) atoms. The van der Waals surface area contributed by atoms with Crippen molar-refractivity contribution in [2.45, 2.75) is 90.9 Å². The third-order valence-electron chi connectivity index (χ3n) is 3.34. The molecule has 5 nitrogen and oxygen atoms in total. The Morgan fingerprint density at radius 1 is 0.833 bits per heavy atom. The predicted molar refractivity (Wildman–Crippen MR) is 96.5 cm³/mol. The number of aliphatic imine (C=N–C) groups is 1. The second-order valence-electron chi connectivity index (χ2n) is 5.62. The van der Waals surface area contributed by atoms with Crippen LogP contribution in [0, 0.1) is 0 Å². The van der Waals surface area contributed by atoms with E-state index in [4.69, 9.17) is 10.2 Å². The Bertz CT molecular complexity index is 315. The van der Waals surface area contributed by atoms with E-state index in [9.17, 15) is 9.59 Å². The van der Waals surface area contributed by atoms with Gasteiger partial charge < -0.3 is 11.6 Å². The molecule has 0 aliphatic rings. The first-order chi connectivity index (χ1) is 11.0. The van der Waals surface area contributed by atoms with E-state index in [0.29, 0.717) is 0 Å². The first-order valence-electron chi connectivity index (χ1n) is 8.96. The van der Waals surface area contributed by atoms with Gasteiger partial charge in [-0.1, -0.05) is 71.6 Å². The summed E-state index contributed by atoms with van der Waals surface area (Å²) in [7, 11) is 0. The molecule has 0 heterocycles. The van der Waals surface area contributed by atoms with Crippen molar-refractivity contribution in [3.63, 3.8) is 0 Å². The molecule has 6 heteroatoms. The minimum Gasteiger partial charge on any atom is -1.00 e. The van der Waals surface area contributed by atoms with Crippen LogP contribution in [0.3, 0.4) is 0 Å². The molecule has 138 valence electrons. The molecule has 0 aromatic heterocycles. The maximum absolute atomic E-state index is 10.2. The molecule has 0 saturated heterocycles. The number of aliphatic carboxylic acids is 2. The first kappa shape index (κ1) is 28.4. The maximum atomic E-state index is 10.2. The van der Waals surface area contributed by atoms with E-state index in [-0.39, 0.29) is 43.8 Å². The van der Waals surface area contributed by atoms with Gasteiger partial charge in [0.2, 0.25) is 0 Å². The van der Waals surface area contributed by atoms with Gasteiger partial charge in [-0.05, 0) is 6.42 Å². The summed E-state index contributed by atoms with van der Waals surface area (Å²) in [5.41, 5.74) is 0. The quantitative estimate of drug-likeness (QED) is 0.284. The number of carboxylic acid groups (broad SMARTS) is 2. The van der Waals surface area contributed by atoms with Crippen LogP contribution in [0.25, 0.3) is 0 Å². The Kier molecular flexibility index (Phi) is 29.4. The molecule has 0 rings (SSSR count). The van der Waals surface area contributed by atoms with Gasteiger partial charge in [0.15, 0.2) is 0 Å². The molecule has 0 unspecified atom stereocenters. The monoisotopic (exact) mass is 353 g/mol. The Hall–Kier alpha value is -0.390. The zero-order valence-corrected chi connectivity index (χ0v) is 17.9. The second-order valence-corrected chi connectivity index (χ2v) is 5.62. The average molecular weight is 353 g/mol. The Morgan fingerprint density at radius 3 is 1.62 bits per heavy atom. The maximum Gasteiger partial charge on any atom is 1.00 e. The van der Waals surface area contributed by atoms with Crippen LogP contribution in [-0.2, 0) is 9.59 Å². The fraction of sp³-hybridized carbons (Fsp3) is 0.833. The van der Waals surface area contributed by atoms with Crippen molar-refractivity contribution in [2.75, 3.05) is 6.54 Å². The number of hydrogen-bond donors (Lipinski definition) is 2. The molecule has 0 bridgehead atoms. The van der Waals surface area contributed by atoms with Crippen LogP contribution in [-0.4, -0.2) is 34.9 Å². The average Bonchev–Trinajstić information content (AvgIpc) is 2.52. The van der Waals surface area contributed by atoms with E-state index in [1.807, 2.05) is 0 Å². The van der Waals surface area contributed by atoms with E-state index in [0.717, 1.165) is 13.0 Å². The summed E-state index contributed by atoms with van der Waals surface area (Å²) in [6.45, 7) is 4.63. The molecule has 0 fully saturated rings. The van der Waals surface area contributed by atoms with Crippen molar-refractivity contribution >= 4 is 18.2 Å². The second kappa shape index (κ2) is 24.9. The van der Waals surface area contributed by atoms with Crippen LogP contribution < -0.4 is 29.6 Å². The summed E-state index contributed by atoms with van der Waals surface area (Å²) < 4.78 is 0. The van der Waals surface area contributed by atoms with E-state index < -0.39 is 11.9 Å². The van der Waals surface area contributed by atoms with Crippen LogP contribution in [0.4, 0.5) is 0 Å². The molecular weight excluding hydrogens is 317 g/mol. The number of unbranched alkanes of at least 4 members (excludes halogenated alkanes) is 9. The molecule has 0 radical (unpaired) electrons. The molecule has 0 aromatic carbocycles. The van der Waals surface area contributed by atoms with E-state index in [1.165, 1.54) is 64.0 Å². The normalized spacial score (nSPS) is 9.92. The van der Waals surface area contributed by atoms with Gasteiger partial charge in [-0.2, -0.15) is 0 Å². The SMILES string of the molecule is CCC(=O)O.CCCCCCCCCCCCN=CCC(=O)O.[H-].[Na+]. The van der Waals surface area contributed by atoms with E-state index >= 15 is 0 Å². The number of carboxylic acids is 2. The number of hydrogen-bond acceptors (Lipinski definition) is 3. The van der Waals surface area contributed by atoms with E-state index in [1.54, 1.807) is 6.92 Å². The van der Waals surface area contributed by atoms with Crippen molar-refractivity contribution in [3.05, 3.63) is 0 Å². The molecule has 2 N–H and O–H groups in total. The van der Waals surface area contributed by atoms with Crippen LogP contribution >= 0.6 is 0 Å². The third kappa shape index (κ3) is 33.3. The zero-order chi connectivity index (χ0) is 17.8. The van der Waals surface area contributed by atoms with E-state index in [2.05, 4.69) is 11.9 Å².